The van der Waals surface area contributed by atoms with Gasteiger partial charge in [-0.15, -0.1) is 5.10 Å². The van der Waals surface area contributed by atoms with Crippen molar-refractivity contribution in [2.24, 2.45) is 0 Å². The zero-order valence-electron chi connectivity index (χ0n) is 16.2. The summed E-state index contributed by atoms with van der Waals surface area (Å²) in [7, 11) is 1.61. The van der Waals surface area contributed by atoms with Gasteiger partial charge in [-0.25, -0.2) is 4.79 Å². The molecule has 150 valence electrons. The lowest BCUT2D eigenvalue weighted by molar-refractivity contribution is -0.141. The second-order valence-electron chi connectivity index (χ2n) is 6.72. The number of rotatable bonds is 9. The Hall–Kier alpha value is -2.94. The third-order valence-electron chi connectivity index (χ3n) is 4.56. The molecule has 3 rings (SSSR count). The first-order valence-corrected chi connectivity index (χ1v) is 9.14. The van der Waals surface area contributed by atoms with Crippen molar-refractivity contribution in [1.82, 2.24) is 19.9 Å². The Morgan fingerprint density at radius 2 is 1.93 bits per heavy atom. The van der Waals surface area contributed by atoms with Crippen molar-refractivity contribution >= 4 is 11.9 Å². The van der Waals surface area contributed by atoms with E-state index < -0.39 is 17.9 Å². The molecule has 1 aromatic heterocycles. The van der Waals surface area contributed by atoms with E-state index in [4.69, 9.17) is 9.47 Å². The quantitative estimate of drug-likeness (QED) is 0.651. The Labute approximate surface area is 162 Å². The van der Waals surface area contributed by atoms with Gasteiger partial charge in [-0.05, 0) is 51.0 Å². The fourth-order valence-corrected chi connectivity index (χ4v) is 2.86. The standard InChI is InChI=1S/C19H24N4O5/c1-12-17(18(24)22(14-4-5-14)13(2)19(25)26)21-23(20-12)15-6-8-16(9-7-15)28-11-10-27-3/h6-9,13-14H,4-5,10-11H2,1-3H3,(H,25,26). The number of carbonyl (C=O) groups excluding carboxylic acids is 1. The van der Waals surface area contributed by atoms with Crippen LogP contribution in [0.15, 0.2) is 24.3 Å². The smallest absolute Gasteiger partial charge is 0.326 e. The molecule has 0 bridgehead atoms. The number of carbonyl (C=O) groups is 2. The first kappa shape index (κ1) is 19.8. The van der Waals surface area contributed by atoms with Crippen molar-refractivity contribution in [3.05, 3.63) is 35.7 Å². The van der Waals surface area contributed by atoms with Crippen LogP contribution in [0, 0.1) is 6.92 Å². The van der Waals surface area contributed by atoms with Gasteiger partial charge in [0.1, 0.15) is 18.4 Å². The van der Waals surface area contributed by atoms with Crippen LogP contribution in [0.1, 0.15) is 35.9 Å². The van der Waals surface area contributed by atoms with Crippen LogP contribution < -0.4 is 4.74 Å². The molecule has 9 nitrogen and oxygen atoms in total. The summed E-state index contributed by atoms with van der Waals surface area (Å²) in [6.07, 6.45) is 1.61. The molecule has 1 heterocycles. The molecule has 1 fully saturated rings. The maximum atomic E-state index is 13.0. The van der Waals surface area contributed by atoms with E-state index in [1.807, 2.05) is 0 Å². The predicted octanol–water partition coefficient (Wildman–Crippen LogP) is 1.68. The first-order valence-electron chi connectivity index (χ1n) is 9.14. The molecule has 1 aliphatic carbocycles. The first-order chi connectivity index (χ1) is 13.4. The average molecular weight is 388 g/mol. The Balaban J connectivity index is 1.78. The Kier molecular flexibility index (Phi) is 5.93. The van der Waals surface area contributed by atoms with Crippen molar-refractivity contribution in [2.45, 2.75) is 38.8 Å². The van der Waals surface area contributed by atoms with Gasteiger partial charge in [0.05, 0.1) is 18.0 Å². The lowest BCUT2D eigenvalue weighted by atomic mass is 10.2. The Morgan fingerprint density at radius 3 is 2.50 bits per heavy atom. The minimum atomic E-state index is -1.03. The minimum Gasteiger partial charge on any atom is -0.491 e. The van der Waals surface area contributed by atoms with E-state index in [1.54, 1.807) is 38.3 Å². The second-order valence-corrected chi connectivity index (χ2v) is 6.72. The summed E-state index contributed by atoms with van der Waals surface area (Å²) in [6.45, 7) is 4.15. The molecule has 1 atom stereocenters. The van der Waals surface area contributed by atoms with E-state index in [0.717, 1.165) is 12.8 Å². The molecule has 1 aliphatic rings. The number of ether oxygens (including phenoxy) is 2. The highest BCUT2D eigenvalue weighted by atomic mass is 16.5. The van der Waals surface area contributed by atoms with Crippen LogP contribution in [0.25, 0.3) is 5.69 Å². The van der Waals surface area contributed by atoms with Crippen LogP contribution in [0.3, 0.4) is 0 Å². The van der Waals surface area contributed by atoms with E-state index in [-0.39, 0.29) is 11.7 Å². The zero-order valence-corrected chi connectivity index (χ0v) is 16.2. The van der Waals surface area contributed by atoms with Gasteiger partial charge in [0.2, 0.25) is 0 Å². The fourth-order valence-electron chi connectivity index (χ4n) is 2.86. The monoisotopic (exact) mass is 388 g/mol. The van der Waals surface area contributed by atoms with Gasteiger partial charge < -0.3 is 19.5 Å². The normalized spacial score (nSPS) is 14.5. The summed E-state index contributed by atoms with van der Waals surface area (Å²) in [6, 6.07) is 6.19. The predicted molar refractivity (Wildman–Crippen MR) is 99.8 cm³/mol. The Morgan fingerprint density at radius 1 is 1.25 bits per heavy atom. The lowest BCUT2D eigenvalue weighted by Gasteiger charge is -2.25. The van der Waals surface area contributed by atoms with E-state index in [1.165, 1.54) is 16.6 Å². The summed E-state index contributed by atoms with van der Waals surface area (Å²) in [4.78, 5) is 27.1. The number of benzene rings is 1. The van der Waals surface area contributed by atoms with Crippen molar-refractivity contribution in [3.63, 3.8) is 0 Å². The highest BCUT2D eigenvalue weighted by molar-refractivity contribution is 5.96. The number of methoxy groups -OCH3 is 1. The number of nitrogens with zero attached hydrogens (tertiary/aromatic N) is 4. The van der Waals surface area contributed by atoms with Gasteiger partial charge in [-0.3, -0.25) is 4.79 Å². The molecule has 1 amide bonds. The van der Waals surface area contributed by atoms with Crippen LogP contribution in [0.5, 0.6) is 5.75 Å². The highest BCUT2D eigenvalue weighted by Crippen LogP contribution is 2.30. The molecule has 1 unspecified atom stereocenters. The lowest BCUT2D eigenvalue weighted by Crippen LogP contribution is -2.45. The van der Waals surface area contributed by atoms with Crippen LogP contribution in [-0.4, -0.2) is 69.3 Å². The molecule has 0 saturated heterocycles. The SMILES string of the molecule is COCCOc1ccc(-n2nc(C)c(C(=O)N(C3CC3)C(C)C(=O)O)n2)cc1. The van der Waals surface area contributed by atoms with E-state index in [9.17, 15) is 14.7 Å². The van der Waals surface area contributed by atoms with Crippen LogP contribution in [0.4, 0.5) is 0 Å². The molecule has 0 radical (unpaired) electrons. The number of hydrogen-bond acceptors (Lipinski definition) is 6. The van der Waals surface area contributed by atoms with Gasteiger partial charge in [-0.1, -0.05) is 0 Å². The van der Waals surface area contributed by atoms with Crippen molar-refractivity contribution in [3.8, 4) is 11.4 Å². The molecule has 9 heteroatoms. The maximum absolute atomic E-state index is 13.0. The molecule has 28 heavy (non-hydrogen) atoms. The maximum Gasteiger partial charge on any atom is 0.326 e. The van der Waals surface area contributed by atoms with Crippen molar-refractivity contribution in [1.29, 1.82) is 0 Å². The highest BCUT2D eigenvalue weighted by Gasteiger charge is 2.40. The molecule has 0 spiro atoms. The van der Waals surface area contributed by atoms with Crippen LogP contribution in [-0.2, 0) is 9.53 Å². The van der Waals surface area contributed by atoms with Crippen molar-refractivity contribution < 1.29 is 24.2 Å². The van der Waals surface area contributed by atoms with Crippen LogP contribution >= 0.6 is 0 Å². The van der Waals surface area contributed by atoms with Gasteiger partial charge in [0.15, 0.2) is 5.69 Å². The second kappa shape index (κ2) is 8.39. The van der Waals surface area contributed by atoms with Crippen LogP contribution in [0.2, 0.25) is 0 Å². The number of carboxylic acids is 1. The van der Waals surface area contributed by atoms with E-state index in [0.29, 0.717) is 30.3 Å². The molecule has 1 aromatic carbocycles. The number of aliphatic carboxylic acids is 1. The third-order valence-corrected chi connectivity index (χ3v) is 4.56. The average Bonchev–Trinajstić information content (AvgIpc) is 3.43. The topological polar surface area (TPSA) is 107 Å². The largest absolute Gasteiger partial charge is 0.491 e. The summed E-state index contributed by atoms with van der Waals surface area (Å²) in [5.41, 5.74) is 1.29. The third kappa shape index (κ3) is 4.30. The molecule has 0 aliphatic heterocycles. The molecular weight excluding hydrogens is 364 g/mol. The Bertz CT molecular complexity index is 845. The number of aromatic nitrogens is 3. The minimum absolute atomic E-state index is 0.0494. The summed E-state index contributed by atoms with van der Waals surface area (Å²) in [5.74, 6) is -0.744. The van der Waals surface area contributed by atoms with Gasteiger partial charge in [-0.2, -0.15) is 9.90 Å². The van der Waals surface area contributed by atoms with Crippen molar-refractivity contribution in [2.75, 3.05) is 20.3 Å². The van der Waals surface area contributed by atoms with Gasteiger partial charge in [0, 0.05) is 13.2 Å². The molecule has 1 saturated carbocycles. The summed E-state index contributed by atoms with van der Waals surface area (Å²) >= 11 is 0. The number of aryl methyl sites for hydroxylation is 1. The number of carboxylic acid groups (broad SMARTS) is 1. The number of amides is 1. The summed E-state index contributed by atoms with van der Waals surface area (Å²) < 4.78 is 10.5. The van der Waals surface area contributed by atoms with E-state index >= 15 is 0 Å². The van der Waals surface area contributed by atoms with Gasteiger partial charge >= 0.3 is 5.97 Å². The number of hydrogen-bond donors (Lipinski definition) is 1. The molecule has 1 N–H and O–H groups in total. The van der Waals surface area contributed by atoms with Gasteiger partial charge in [0.25, 0.3) is 5.91 Å². The molecule has 2 aromatic rings. The molecular formula is C19H24N4O5. The zero-order chi connectivity index (χ0) is 20.3. The fraction of sp³-hybridized carbons (Fsp3) is 0.474. The summed E-state index contributed by atoms with van der Waals surface area (Å²) in [5, 5.41) is 18.0. The van der Waals surface area contributed by atoms with E-state index in [2.05, 4.69) is 10.2 Å².